The number of fused-ring (bicyclic) bond motifs is 1. The van der Waals surface area contributed by atoms with Crippen LogP contribution in [0.4, 0.5) is 4.79 Å². The van der Waals surface area contributed by atoms with E-state index in [9.17, 15) is 4.79 Å². The first-order valence-corrected chi connectivity index (χ1v) is 8.33. The van der Waals surface area contributed by atoms with Crippen LogP contribution in [0.25, 0.3) is 0 Å². The molecule has 0 saturated carbocycles. The van der Waals surface area contributed by atoms with Gasteiger partial charge in [0.1, 0.15) is 11.4 Å². The molecule has 2 unspecified atom stereocenters. The number of benzene rings is 1. The fourth-order valence-corrected chi connectivity index (χ4v) is 2.64. The Morgan fingerprint density at radius 1 is 1.39 bits per heavy atom. The summed E-state index contributed by atoms with van der Waals surface area (Å²) in [6.07, 6.45) is 1.49. The third-order valence-electron chi connectivity index (χ3n) is 3.78. The highest BCUT2D eigenvalue weighted by atomic mass is 16.6. The van der Waals surface area contributed by atoms with Crippen molar-refractivity contribution < 1.29 is 14.3 Å². The van der Waals surface area contributed by atoms with Crippen LogP contribution >= 0.6 is 0 Å². The lowest BCUT2D eigenvalue weighted by Crippen LogP contribution is -2.44. The van der Waals surface area contributed by atoms with E-state index in [2.05, 4.69) is 23.6 Å². The van der Waals surface area contributed by atoms with Gasteiger partial charge in [-0.25, -0.2) is 4.79 Å². The SMILES string of the molecule is CCC(CNC(=O)OC(C)(C)C)NC1CCOc2ccccc21. The molecule has 1 aromatic carbocycles. The van der Waals surface area contributed by atoms with Crippen LogP contribution in [0.15, 0.2) is 24.3 Å². The smallest absolute Gasteiger partial charge is 0.407 e. The lowest BCUT2D eigenvalue weighted by Gasteiger charge is -2.30. The van der Waals surface area contributed by atoms with Crippen LogP contribution in [-0.2, 0) is 4.74 Å². The first-order chi connectivity index (χ1) is 10.9. The lowest BCUT2D eigenvalue weighted by atomic mass is 9.99. The van der Waals surface area contributed by atoms with Gasteiger partial charge in [-0.1, -0.05) is 25.1 Å². The Balaban J connectivity index is 1.89. The molecule has 0 spiro atoms. The van der Waals surface area contributed by atoms with Gasteiger partial charge in [0.25, 0.3) is 0 Å². The highest BCUT2D eigenvalue weighted by Gasteiger charge is 2.23. The van der Waals surface area contributed by atoms with Crippen molar-refractivity contribution in [1.82, 2.24) is 10.6 Å². The molecule has 23 heavy (non-hydrogen) atoms. The highest BCUT2D eigenvalue weighted by Crippen LogP contribution is 2.31. The van der Waals surface area contributed by atoms with E-state index in [1.54, 1.807) is 0 Å². The molecule has 2 atom stereocenters. The Kier molecular flexibility index (Phi) is 5.88. The van der Waals surface area contributed by atoms with Gasteiger partial charge >= 0.3 is 6.09 Å². The maximum Gasteiger partial charge on any atom is 0.407 e. The third kappa shape index (κ3) is 5.43. The molecule has 2 N–H and O–H groups in total. The normalized spacial score (nSPS) is 18.5. The maximum atomic E-state index is 11.8. The van der Waals surface area contributed by atoms with E-state index in [-0.39, 0.29) is 18.2 Å². The zero-order valence-corrected chi connectivity index (χ0v) is 14.5. The number of carbonyl (C=O) groups excluding carboxylic acids is 1. The van der Waals surface area contributed by atoms with Crippen LogP contribution in [-0.4, -0.2) is 30.9 Å². The maximum absolute atomic E-state index is 11.8. The largest absolute Gasteiger partial charge is 0.493 e. The summed E-state index contributed by atoms with van der Waals surface area (Å²) in [6, 6.07) is 8.57. The predicted octanol–water partition coefficient (Wildman–Crippen LogP) is 3.40. The van der Waals surface area contributed by atoms with Crippen molar-refractivity contribution in [2.45, 2.75) is 58.2 Å². The van der Waals surface area contributed by atoms with Crippen molar-refractivity contribution in [1.29, 1.82) is 0 Å². The zero-order chi connectivity index (χ0) is 16.9. The van der Waals surface area contributed by atoms with E-state index in [0.29, 0.717) is 13.2 Å². The van der Waals surface area contributed by atoms with Crippen molar-refractivity contribution in [3.05, 3.63) is 29.8 Å². The molecular formula is C18H28N2O3. The number of alkyl carbamates (subject to hydrolysis) is 1. The first kappa shape index (κ1) is 17.6. The van der Waals surface area contributed by atoms with Gasteiger partial charge < -0.3 is 20.1 Å². The number of amides is 1. The molecule has 0 fully saturated rings. The van der Waals surface area contributed by atoms with E-state index >= 15 is 0 Å². The zero-order valence-electron chi connectivity index (χ0n) is 14.5. The van der Waals surface area contributed by atoms with Crippen LogP contribution in [0.5, 0.6) is 5.75 Å². The molecule has 0 bridgehead atoms. The minimum atomic E-state index is -0.473. The molecular weight excluding hydrogens is 292 g/mol. The Hall–Kier alpha value is -1.75. The van der Waals surface area contributed by atoms with Gasteiger partial charge in [0.05, 0.1) is 6.61 Å². The first-order valence-electron chi connectivity index (χ1n) is 8.33. The minimum Gasteiger partial charge on any atom is -0.493 e. The van der Waals surface area contributed by atoms with Crippen molar-refractivity contribution in [2.75, 3.05) is 13.2 Å². The molecule has 0 aliphatic carbocycles. The highest BCUT2D eigenvalue weighted by molar-refractivity contribution is 5.67. The summed E-state index contributed by atoms with van der Waals surface area (Å²) >= 11 is 0. The van der Waals surface area contributed by atoms with Gasteiger partial charge in [0.2, 0.25) is 0 Å². The molecule has 1 heterocycles. The van der Waals surface area contributed by atoms with Crippen molar-refractivity contribution in [3.8, 4) is 5.75 Å². The molecule has 0 aromatic heterocycles. The monoisotopic (exact) mass is 320 g/mol. The average Bonchev–Trinajstić information content (AvgIpc) is 2.50. The minimum absolute atomic E-state index is 0.193. The van der Waals surface area contributed by atoms with Crippen LogP contribution in [0.1, 0.15) is 52.1 Å². The predicted molar refractivity (Wildman–Crippen MR) is 90.7 cm³/mol. The van der Waals surface area contributed by atoms with Gasteiger partial charge in [0, 0.05) is 30.6 Å². The fraction of sp³-hybridized carbons (Fsp3) is 0.611. The van der Waals surface area contributed by atoms with Gasteiger partial charge in [-0.05, 0) is 33.3 Å². The summed E-state index contributed by atoms with van der Waals surface area (Å²) in [4.78, 5) is 11.8. The Morgan fingerprint density at radius 2 is 2.13 bits per heavy atom. The quantitative estimate of drug-likeness (QED) is 0.873. The number of hydrogen-bond donors (Lipinski definition) is 2. The Morgan fingerprint density at radius 3 is 2.83 bits per heavy atom. The lowest BCUT2D eigenvalue weighted by molar-refractivity contribution is 0.0520. The van der Waals surface area contributed by atoms with Crippen LogP contribution in [0, 0.1) is 0 Å². The summed E-state index contributed by atoms with van der Waals surface area (Å²) in [5, 5.41) is 6.48. The van der Waals surface area contributed by atoms with Crippen LogP contribution < -0.4 is 15.4 Å². The summed E-state index contributed by atoms with van der Waals surface area (Å²) in [5.74, 6) is 0.950. The standard InChI is InChI=1S/C18H28N2O3/c1-5-13(12-19-17(21)23-18(2,3)4)20-15-10-11-22-16-9-7-6-8-14(15)16/h6-9,13,15,20H,5,10-12H2,1-4H3,(H,19,21). The second-order valence-corrected chi connectivity index (χ2v) is 6.88. The van der Waals surface area contributed by atoms with Gasteiger partial charge in [-0.3, -0.25) is 0 Å². The molecule has 0 saturated heterocycles. The molecule has 1 aliphatic rings. The second kappa shape index (κ2) is 7.68. The number of nitrogens with one attached hydrogen (secondary N) is 2. The van der Waals surface area contributed by atoms with Gasteiger partial charge in [0.15, 0.2) is 0 Å². The molecule has 1 aliphatic heterocycles. The van der Waals surface area contributed by atoms with Crippen molar-refractivity contribution in [2.24, 2.45) is 0 Å². The summed E-state index contributed by atoms with van der Waals surface area (Å²) in [5.41, 5.74) is 0.716. The van der Waals surface area contributed by atoms with Crippen molar-refractivity contribution >= 4 is 6.09 Å². The summed E-state index contributed by atoms with van der Waals surface area (Å²) in [6.45, 7) is 8.96. The number of rotatable bonds is 5. The van der Waals surface area contributed by atoms with E-state index in [0.717, 1.165) is 18.6 Å². The molecule has 5 heteroatoms. The van der Waals surface area contributed by atoms with Crippen molar-refractivity contribution in [3.63, 3.8) is 0 Å². The third-order valence-corrected chi connectivity index (χ3v) is 3.78. The van der Waals surface area contributed by atoms with E-state index < -0.39 is 5.60 Å². The molecule has 2 rings (SSSR count). The number of para-hydroxylation sites is 1. The summed E-state index contributed by atoms with van der Waals surface area (Å²) < 4.78 is 11.0. The molecule has 0 radical (unpaired) electrons. The fourth-order valence-electron chi connectivity index (χ4n) is 2.64. The summed E-state index contributed by atoms with van der Waals surface area (Å²) in [7, 11) is 0. The molecule has 1 aromatic rings. The van der Waals surface area contributed by atoms with E-state index in [4.69, 9.17) is 9.47 Å². The van der Waals surface area contributed by atoms with Crippen LogP contribution in [0.2, 0.25) is 0 Å². The molecule has 5 nitrogen and oxygen atoms in total. The molecule has 128 valence electrons. The second-order valence-electron chi connectivity index (χ2n) is 6.88. The average molecular weight is 320 g/mol. The Bertz CT molecular complexity index is 525. The van der Waals surface area contributed by atoms with Crippen LogP contribution in [0.3, 0.4) is 0 Å². The van der Waals surface area contributed by atoms with E-state index in [1.807, 2.05) is 39.0 Å². The topological polar surface area (TPSA) is 59.6 Å². The Labute approximate surface area is 138 Å². The van der Waals surface area contributed by atoms with Gasteiger partial charge in [-0.2, -0.15) is 0 Å². The van der Waals surface area contributed by atoms with E-state index in [1.165, 1.54) is 5.56 Å². The number of ether oxygens (including phenoxy) is 2. The number of carbonyl (C=O) groups is 1. The molecule has 1 amide bonds. The number of hydrogen-bond acceptors (Lipinski definition) is 4. The van der Waals surface area contributed by atoms with Gasteiger partial charge in [-0.15, -0.1) is 0 Å².